The number of thiazole rings is 1. The monoisotopic (exact) mass is 438 g/mol. The summed E-state index contributed by atoms with van der Waals surface area (Å²) in [5.74, 6) is 0.675. The van der Waals surface area contributed by atoms with Gasteiger partial charge in [0.2, 0.25) is 0 Å². The van der Waals surface area contributed by atoms with Crippen LogP contribution in [0, 0.1) is 13.8 Å². The quantitative estimate of drug-likeness (QED) is 0.411. The molecule has 30 heavy (non-hydrogen) atoms. The third-order valence-corrected chi connectivity index (χ3v) is 6.19. The zero-order valence-electron chi connectivity index (χ0n) is 17.0. The fourth-order valence-electron chi connectivity index (χ4n) is 3.04. The van der Waals surface area contributed by atoms with Crippen LogP contribution in [0.25, 0.3) is 11.3 Å². The van der Waals surface area contributed by atoms with Gasteiger partial charge in [-0.25, -0.2) is 4.98 Å². The van der Waals surface area contributed by atoms with Crippen LogP contribution < -0.4 is 10.1 Å². The standard InChI is InChI=1S/C22H22N4O2S2/c1-4-26-10-17(9-23-26)19-13-30-22(24-19)25-21(27)20-8-16(12-29-20)11-28-18-6-14(2)5-15(3)7-18/h5-10,12-13H,4,11H2,1-3H3,(H,24,25,27). The second-order valence-corrected chi connectivity index (χ2v) is 8.78. The molecule has 1 amide bonds. The number of nitrogens with zero attached hydrogens (tertiary/aromatic N) is 3. The van der Waals surface area contributed by atoms with E-state index < -0.39 is 0 Å². The molecule has 0 fully saturated rings. The molecule has 0 aliphatic heterocycles. The predicted octanol–water partition coefficient (Wildman–Crippen LogP) is 5.54. The Morgan fingerprint density at radius 3 is 2.67 bits per heavy atom. The Morgan fingerprint density at radius 1 is 1.13 bits per heavy atom. The molecule has 0 aliphatic rings. The Morgan fingerprint density at radius 2 is 1.93 bits per heavy atom. The largest absolute Gasteiger partial charge is 0.489 e. The number of carbonyl (C=O) groups excluding carboxylic acids is 1. The van der Waals surface area contributed by atoms with E-state index in [4.69, 9.17) is 4.74 Å². The maximum absolute atomic E-state index is 12.6. The van der Waals surface area contributed by atoms with Gasteiger partial charge in [0.25, 0.3) is 5.91 Å². The van der Waals surface area contributed by atoms with Crippen LogP contribution in [0.2, 0.25) is 0 Å². The van der Waals surface area contributed by atoms with Crippen molar-refractivity contribution in [3.05, 3.63) is 69.0 Å². The Balaban J connectivity index is 1.37. The molecule has 0 aliphatic carbocycles. The van der Waals surface area contributed by atoms with Gasteiger partial charge in [0.1, 0.15) is 12.4 Å². The minimum Gasteiger partial charge on any atom is -0.489 e. The lowest BCUT2D eigenvalue weighted by molar-refractivity contribution is 0.103. The molecule has 0 atom stereocenters. The van der Waals surface area contributed by atoms with Crippen LogP contribution in [-0.4, -0.2) is 20.7 Å². The lowest BCUT2D eigenvalue weighted by Crippen LogP contribution is -2.09. The summed E-state index contributed by atoms with van der Waals surface area (Å²) in [5.41, 5.74) is 5.05. The number of carbonyl (C=O) groups is 1. The van der Waals surface area contributed by atoms with Crippen molar-refractivity contribution in [2.24, 2.45) is 0 Å². The van der Waals surface area contributed by atoms with Gasteiger partial charge >= 0.3 is 0 Å². The molecule has 154 valence electrons. The van der Waals surface area contributed by atoms with Crippen LogP contribution in [0.1, 0.15) is 33.3 Å². The maximum atomic E-state index is 12.6. The zero-order chi connectivity index (χ0) is 21.1. The first-order valence-corrected chi connectivity index (χ1v) is 11.3. The third-order valence-electron chi connectivity index (χ3n) is 4.46. The number of aryl methyl sites for hydroxylation is 3. The summed E-state index contributed by atoms with van der Waals surface area (Å²) in [7, 11) is 0. The molecule has 0 unspecified atom stereocenters. The molecule has 0 bridgehead atoms. The maximum Gasteiger partial charge on any atom is 0.267 e. The van der Waals surface area contributed by atoms with Crippen molar-refractivity contribution in [2.75, 3.05) is 5.32 Å². The van der Waals surface area contributed by atoms with Crippen molar-refractivity contribution in [3.8, 4) is 17.0 Å². The molecule has 1 aromatic carbocycles. The van der Waals surface area contributed by atoms with Gasteiger partial charge in [-0.2, -0.15) is 5.10 Å². The predicted molar refractivity (Wildman–Crippen MR) is 122 cm³/mol. The van der Waals surface area contributed by atoms with Crippen LogP contribution >= 0.6 is 22.7 Å². The Kier molecular flexibility index (Phi) is 5.96. The van der Waals surface area contributed by atoms with Crippen LogP contribution in [0.3, 0.4) is 0 Å². The first-order valence-electron chi connectivity index (χ1n) is 9.58. The second-order valence-electron chi connectivity index (χ2n) is 7.01. The van der Waals surface area contributed by atoms with Gasteiger partial charge in [-0.3, -0.25) is 14.8 Å². The number of hydrogen-bond acceptors (Lipinski definition) is 6. The minimum atomic E-state index is -0.164. The number of nitrogens with one attached hydrogen (secondary N) is 1. The van der Waals surface area contributed by atoms with E-state index in [1.54, 1.807) is 6.20 Å². The average Bonchev–Trinajstić information content (AvgIpc) is 3.45. The highest BCUT2D eigenvalue weighted by atomic mass is 32.1. The highest BCUT2D eigenvalue weighted by Gasteiger charge is 2.13. The highest BCUT2D eigenvalue weighted by Crippen LogP contribution is 2.26. The lowest BCUT2D eigenvalue weighted by Gasteiger charge is -2.07. The van der Waals surface area contributed by atoms with Gasteiger partial charge in [0.15, 0.2) is 5.13 Å². The van der Waals surface area contributed by atoms with E-state index in [2.05, 4.69) is 21.5 Å². The summed E-state index contributed by atoms with van der Waals surface area (Å²) in [5, 5.41) is 11.6. The number of hydrogen-bond donors (Lipinski definition) is 1. The summed E-state index contributed by atoms with van der Waals surface area (Å²) < 4.78 is 7.73. The van der Waals surface area contributed by atoms with Gasteiger partial charge in [-0.15, -0.1) is 22.7 Å². The van der Waals surface area contributed by atoms with E-state index in [0.29, 0.717) is 16.6 Å². The molecule has 4 rings (SSSR count). The van der Waals surface area contributed by atoms with E-state index in [9.17, 15) is 4.79 Å². The first-order chi connectivity index (χ1) is 14.5. The van der Waals surface area contributed by atoms with E-state index in [1.165, 1.54) is 33.8 Å². The lowest BCUT2D eigenvalue weighted by atomic mass is 10.1. The second kappa shape index (κ2) is 8.81. The molecule has 0 radical (unpaired) electrons. The Labute approximate surface area is 183 Å². The van der Waals surface area contributed by atoms with Gasteiger partial charge in [-0.1, -0.05) is 6.07 Å². The van der Waals surface area contributed by atoms with Crippen LogP contribution in [-0.2, 0) is 13.2 Å². The molecule has 6 nitrogen and oxygen atoms in total. The van der Waals surface area contributed by atoms with Gasteiger partial charge in [0, 0.05) is 29.2 Å². The van der Waals surface area contributed by atoms with Crippen LogP contribution in [0.5, 0.6) is 5.75 Å². The molecular formula is C22H22N4O2S2. The normalized spacial score (nSPS) is 10.9. The van der Waals surface area contributed by atoms with Gasteiger partial charge in [0.05, 0.1) is 16.8 Å². The fraction of sp³-hybridized carbons (Fsp3) is 0.227. The van der Waals surface area contributed by atoms with E-state index in [-0.39, 0.29) is 5.91 Å². The molecule has 0 saturated heterocycles. The molecule has 3 heterocycles. The van der Waals surface area contributed by atoms with Gasteiger partial charge in [-0.05, 0) is 55.5 Å². The fourth-order valence-corrected chi connectivity index (χ4v) is 4.55. The summed E-state index contributed by atoms with van der Waals surface area (Å²) in [6.07, 6.45) is 3.73. The van der Waals surface area contributed by atoms with Crippen molar-refractivity contribution >= 4 is 33.7 Å². The van der Waals surface area contributed by atoms with Gasteiger partial charge < -0.3 is 4.74 Å². The molecular weight excluding hydrogens is 416 g/mol. The number of amides is 1. The molecule has 0 spiro atoms. The molecule has 4 aromatic rings. The first kappa shape index (κ1) is 20.3. The number of anilines is 1. The minimum absolute atomic E-state index is 0.164. The van der Waals surface area contributed by atoms with Crippen molar-refractivity contribution in [1.29, 1.82) is 0 Å². The van der Waals surface area contributed by atoms with E-state index in [0.717, 1.165) is 29.1 Å². The van der Waals surface area contributed by atoms with Crippen LogP contribution in [0.4, 0.5) is 5.13 Å². The Bertz CT molecular complexity index is 1160. The number of benzene rings is 1. The molecule has 0 saturated carbocycles. The van der Waals surface area contributed by atoms with Crippen molar-refractivity contribution in [3.63, 3.8) is 0 Å². The number of ether oxygens (including phenoxy) is 1. The number of thiophene rings is 1. The van der Waals surface area contributed by atoms with E-state index in [1.807, 2.05) is 60.6 Å². The molecule has 8 heteroatoms. The number of aromatic nitrogens is 3. The summed E-state index contributed by atoms with van der Waals surface area (Å²) in [6.45, 7) is 7.36. The van der Waals surface area contributed by atoms with Crippen LogP contribution in [0.15, 0.2) is 47.4 Å². The van der Waals surface area contributed by atoms with Crippen molar-refractivity contribution in [2.45, 2.75) is 33.9 Å². The topological polar surface area (TPSA) is 69.0 Å². The molecule has 1 N–H and O–H groups in total. The smallest absolute Gasteiger partial charge is 0.267 e. The summed E-state index contributed by atoms with van der Waals surface area (Å²) in [6, 6.07) is 8.00. The van der Waals surface area contributed by atoms with E-state index >= 15 is 0 Å². The molecule has 3 aromatic heterocycles. The zero-order valence-corrected chi connectivity index (χ0v) is 18.6. The highest BCUT2D eigenvalue weighted by molar-refractivity contribution is 7.14. The summed E-state index contributed by atoms with van der Waals surface area (Å²) >= 11 is 2.80. The Hall–Kier alpha value is -2.97. The SMILES string of the molecule is CCn1cc(-c2csc(NC(=O)c3cc(COc4cc(C)cc(C)c4)cs3)n2)cn1. The third kappa shape index (κ3) is 4.77. The van der Waals surface area contributed by atoms with Crippen molar-refractivity contribution < 1.29 is 9.53 Å². The number of rotatable bonds is 7. The summed E-state index contributed by atoms with van der Waals surface area (Å²) in [4.78, 5) is 17.7. The van der Waals surface area contributed by atoms with Crippen molar-refractivity contribution in [1.82, 2.24) is 14.8 Å². The average molecular weight is 439 g/mol.